The van der Waals surface area contributed by atoms with Crippen molar-refractivity contribution in [3.8, 4) is 0 Å². The van der Waals surface area contributed by atoms with Crippen LogP contribution in [0.4, 0.5) is 0 Å². The zero-order valence-corrected chi connectivity index (χ0v) is 12.8. The largest absolute Gasteiger partial charge is 0.494 e. The van der Waals surface area contributed by atoms with Crippen LogP contribution in [-0.2, 0) is 9.31 Å². The molecule has 0 unspecified atom stereocenters. The molecule has 1 saturated heterocycles. The van der Waals surface area contributed by atoms with E-state index in [9.17, 15) is 0 Å². The van der Waals surface area contributed by atoms with Crippen molar-refractivity contribution in [2.75, 3.05) is 0 Å². The first kappa shape index (κ1) is 14.2. The molecular formula is C13H17BCl2O2. The Morgan fingerprint density at radius 3 is 1.94 bits per heavy atom. The Bertz CT molecular complexity index is 447. The molecule has 1 aromatic carbocycles. The highest BCUT2D eigenvalue weighted by molar-refractivity contribution is 6.62. The van der Waals surface area contributed by atoms with E-state index >= 15 is 0 Å². The summed E-state index contributed by atoms with van der Waals surface area (Å²) in [7, 11) is -0.400. The van der Waals surface area contributed by atoms with Crippen molar-refractivity contribution in [3.63, 3.8) is 0 Å². The van der Waals surface area contributed by atoms with Crippen LogP contribution in [-0.4, -0.2) is 18.3 Å². The van der Waals surface area contributed by atoms with Gasteiger partial charge in [0.1, 0.15) is 0 Å². The summed E-state index contributed by atoms with van der Waals surface area (Å²) in [5.41, 5.74) is 1.13. The van der Waals surface area contributed by atoms with Gasteiger partial charge in [-0.3, -0.25) is 0 Å². The molecule has 1 aromatic rings. The van der Waals surface area contributed by atoms with Gasteiger partial charge in [-0.15, -0.1) is 0 Å². The minimum absolute atomic E-state index is 0.350. The van der Waals surface area contributed by atoms with Crippen LogP contribution in [0.15, 0.2) is 12.1 Å². The molecule has 0 radical (unpaired) electrons. The quantitative estimate of drug-likeness (QED) is 0.735. The van der Waals surface area contributed by atoms with Crippen molar-refractivity contribution < 1.29 is 9.31 Å². The normalized spacial score (nSPS) is 21.4. The Balaban J connectivity index is 2.36. The average molecular weight is 287 g/mol. The fourth-order valence-electron chi connectivity index (χ4n) is 1.87. The molecule has 1 heterocycles. The number of hydrogen-bond donors (Lipinski definition) is 0. The van der Waals surface area contributed by atoms with Gasteiger partial charge in [0, 0.05) is 0 Å². The molecule has 0 amide bonds. The van der Waals surface area contributed by atoms with E-state index < -0.39 is 7.12 Å². The highest BCUT2D eigenvalue weighted by Gasteiger charge is 2.51. The van der Waals surface area contributed by atoms with Crippen LogP contribution < -0.4 is 5.46 Å². The van der Waals surface area contributed by atoms with E-state index in [2.05, 4.69) is 0 Å². The van der Waals surface area contributed by atoms with Gasteiger partial charge in [-0.2, -0.15) is 0 Å². The third-order valence-electron chi connectivity index (χ3n) is 3.76. The van der Waals surface area contributed by atoms with Crippen LogP contribution in [0.5, 0.6) is 0 Å². The zero-order valence-electron chi connectivity index (χ0n) is 11.3. The summed E-state index contributed by atoms with van der Waals surface area (Å²) in [5.74, 6) is 0. The lowest BCUT2D eigenvalue weighted by Gasteiger charge is -2.32. The molecular weight excluding hydrogens is 270 g/mol. The van der Waals surface area contributed by atoms with Gasteiger partial charge in [-0.05, 0) is 51.7 Å². The summed E-state index contributed by atoms with van der Waals surface area (Å²) in [6.07, 6.45) is 0. The summed E-state index contributed by atoms with van der Waals surface area (Å²) < 4.78 is 12.0. The van der Waals surface area contributed by atoms with Crippen molar-refractivity contribution in [2.24, 2.45) is 0 Å². The molecule has 1 aliphatic rings. The molecule has 18 heavy (non-hydrogen) atoms. The minimum Gasteiger partial charge on any atom is -0.399 e. The predicted octanol–water partition coefficient (Wildman–Crippen LogP) is 3.60. The van der Waals surface area contributed by atoms with E-state index in [1.807, 2.05) is 40.7 Å². The van der Waals surface area contributed by atoms with Crippen LogP contribution in [0.3, 0.4) is 0 Å². The summed E-state index contributed by atoms with van der Waals surface area (Å²) in [5, 5.41) is 1.11. The van der Waals surface area contributed by atoms with Gasteiger partial charge < -0.3 is 9.31 Å². The summed E-state index contributed by atoms with van der Waals surface area (Å²) in [6, 6.07) is 3.76. The number of hydrogen-bond acceptors (Lipinski definition) is 2. The second-order valence-corrected chi connectivity index (χ2v) is 6.51. The fourth-order valence-corrected chi connectivity index (χ4v) is 2.25. The van der Waals surface area contributed by atoms with Crippen LogP contribution in [0.25, 0.3) is 0 Å². The van der Waals surface area contributed by atoms with Crippen molar-refractivity contribution in [3.05, 3.63) is 27.7 Å². The predicted molar refractivity (Wildman–Crippen MR) is 76.9 cm³/mol. The smallest absolute Gasteiger partial charge is 0.399 e. The number of aryl methyl sites for hydroxylation is 1. The number of benzene rings is 1. The molecule has 0 bridgehead atoms. The second kappa shape index (κ2) is 4.41. The maximum atomic E-state index is 6.10. The van der Waals surface area contributed by atoms with Crippen LogP contribution in [0, 0.1) is 6.92 Å². The SMILES string of the molecule is Cc1cc(B2OC(C)(C)C(C)(C)O2)cc(Cl)c1Cl. The first-order valence-electron chi connectivity index (χ1n) is 5.95. The standard InChI is InChI=1S/C13H17BCl2O2/c1-8-6-9(7-10(15)11(8)16)14-17-12(2,3)13(4,5)18-14/h6-7H,1-5H3. The first-order valence-corrected chi connectivity index (χ1v) is 6.71. The van der Waals surface area contributed by atoms with E-state index in [0.717, 1.165) is 11.0 Å². The lowest BCUT2D eigenvalue weighted by molar-refractivity contribution is 0.00578. The molecule has 0 aliphatic carbocycles. The molecule has 0 aromatic heterocycles. The Labute approximate surface area is 119 Å². The lowest BCUT2D eigenvalue weighted by Crippen LogP contribution is -2.41. The summed E-state index contributed by atoms with van der Waals surface area (Å²) in [6.45, 7) is 10.0. The van der Waals surface area contributed by atoms with Crippen molar-refractivity contribution in [1.29, 1.82) is 0 Å². The highest BCUT2D eigenvalue weighted by Crippen LogP contribution is 2.37. The zero-order chi connectivity index (χ0) is 13.7. The van der Waals surface area contributed by atoms with E-state index in [-0.39, 0.29) is 11.2 Å². The van der Waals surface area contributed by atoms with Gasteiger partial charge in [0.25, 0.3) is 0 Å². The van der Waals surface area contributed by atoms with E-state index in [4.69, 9.17) is 32.5 Å². The molecule has 98 valence electrons. The Morgan fingerprint density at radius 1 is 1.00 bits per heavy atom. The monoisotopic (exact) mass is 286 g/mol. The number of rotatable bonds is 1. The van der Waals surface area contributed by atoms with E-state index in [1.165, 1.54) is 0 Å². The molecule has 1 aliphatic heterocycles. The molecule has 1 fully saturated rings. The maximum absolute atomic E-state index is 6.10. The van der Waals surface area contributed by atoms with Gasteiger partial charge in [-0.1, -0.05) is 29.3 Å². The number of halogens is 2. The van der Waals surface area contributed by atoms with Crippen LogP contribution in [0.1, 0.15) is 33.3 Å². The maximum Gasteiger partial charge on any atom is 0.494 e. The lowest BCUT2D eigenvalue weighted by atomic mass is 9.78. The molecule has 0 N–H and O–H groups in total. The Morgan fingerprint density at radius 2 is 1.50 bits per heavy atom. The molecule has 0 atom stereocenters. The summed E-state index contributed by atoms with van der Waals surface area (Å²) in [4.78, 5) is 0. The van der Waals surface area contributed by atoms with Gasteiger partial charge in [0.05, 0.1) is 21.2 Å². The third-order valence-corrected chi connectivity index (χ3v) is 4.65. The molecule has 2 rings (SSSR count). The molecule has 5 heteroatoms. The van der Waals surface area contributed by atoms with Gasteiger partial charge in [0.2, 0.25) is 0 Å². The summed E-state index contributed by atoms with van der Waals surface area (Å²) >= 11 is 12.2. The first-order chi connectivity index (χ1) is 8.14. The van der Waals surface area contributed by atoms with Crippen molar-refractivity contribution in [2.45, 2.75) is 45.8 Å². The van der Waals surface area contributed by atoms with E-state index in [0.29, 0.717) is 10.0 Å². The third kappa shape index (κ3) is 2.29. The minimum atomic E-state index is -0.400. The van der Waals surface area contributed by atoms with Crippen molar-refractivity contribution >= 4 is 35.8 Å². The van der Waals surface area contributed by atoms with Gasteiger partial charge >= 0.3 is 7.12 Å². The van der Waals surface area contributed by atoms with Crippen LogP contribution >= 0.6 is 23.2 Å². The fraction of sp³-hybridized carbons (Fsp3) is 0.538. The van der Waals surface area contributed by atoms with E-state index in [1.54, 1.807) is 6.07 Å². The highest BCUT2D eigenvalue weighted by atomic mass is 35.5. The molecule has 2 nitrogen and oxygen atoms in total. The Kier molecular flexibility index (Phi) is 3.48. The molecule has 0 spiro atoms. The van der Waals surface area contributed by atoms with Crippen LogP contribution in [0.2, 0.25) is 10.0 Å². The molecule has 0 saturated carbocycles. The average Bonchev–Trinajstić information content (AvgIpc) is 2.44. The van der Waals surface area contributed by atoms with Gasteiger partial charge in [0.15, 0.2) is 0 Å². The van der Waals surface area contributed by atoms with Crippen molar-refractivity contribution in [1.82, 2.24) is 0 Å². The Hall–Kier alpha value is -0.215. The van der Waals surface area contributed by atoms with Gasteiger partial charge in [-0.25, -0.2) is 0 Å². The topological polar surface area (TPSA) is 18.5 Å². The second-order valence-electron chi connectivity index (χ2n) is 5.72.